The molecule has 5 aromatic rings. The van der Waals surface area contributed by atoms with Crippen molar-refractivity contribution < 1.29 is 9.47 Å². The predicted octanol–water partition coefficient (Wildman–Crippen LogP) is 6.09. The Morgan fingerprint density at radius 1 is 0.800 bits per heavy atom. The quantitative estimate of drug-likeness (QED) is 0.298. The molecule has 0 spiro atoms. The molecule has 7 nitrogen and oxygen atoms in total. The lowest BCUT2D eigenvalue weighted by atomic mass is 9.94. The van der Waals surface area contributed by atoms with Gasteiger partial charge < -0.3 is 20.1 Å². The van der Waals surface area contributed by atoms with Gasteiger partial charge in [0.2, 0.25) is 0 Å². The van der Waals surface area contributed by atoms with E-state index in [4.69, 9.17) is 20.3 Å². The molecule has 0 saturated carbocycles. The second-order valence-corrected chi connectivity index (χ2v) is 9.90. The molecule has 40 heavy (non-hydrogen) atoms. The highest BCUT2D eigenvalue weighted by Gasteiger charge is 2.27. The lowest BCUT2D eigenvalue weighted by Gasteiger charge is -2.33. The summed E-state index contributed by atoms with van der Waals surface area (Å²) in [4.78, 5) is 6.93. The van der Waals surface area contributed by atoms with E-state index in [0.29, 0.717) is 0 Å². The van der Waals surface area contributed by atoms with Crippen LogP contribution in [0.15, 0.2) is 114 Å². The number of pyridine rings is 1. The summed E-state index contributed by atoms with van der Waals surface area (Å²) in [5, 5.41) is 7.86. The van der Waals surface area contributed by atoms with E-state index in [1.54, 1.807) is 6.20 Å². The number of fused-ring (bicyclic) bond motifs is 2. The average molecular weight is 528 g/mol. The predicted molar refractivity (Wildman–Crippen MR) is 159 cm³/mol. The van der Waals surface area contributed by atoms with Gasteiger partial charge >= 0.3 is 0 Å². The molecule has 0 radical (unpaired) electrons. The van der Waals surface area contributed by atoms with Crippen LogP contribution in [0.5, 0.6) is 11.5 Å². The van der Waals surface area contributed by atoms with Crippen LogP contribution in [-0.2, 0) is 4.74 Å². The van der Waals surface area contributed by atoms with Crippen molar-refractivity contribution in [2.75, 3.05) is 36.2 Å². The molecule has 3 heterocycles. The number of nitrogens with zero attached hydrogens (tertiary/aromatic N) is 4. The van der Waals surface area contributed by atoms with Gasteiger partial charge in [0.05, 0.1) is 30.1 Å². The van der Waals surface area contributed by atoms with Crippen molar-refractivity contribution in [2.45, 2.75) is 6.17 Å². The number of morpholine rings is 1. The first-order valence-electron chi connectivity index (χ1n) is 13.5. The smallest absolute Gasteiger partial charge is 0.138 e. The van der Waals surface area contributed by atoms with Gasteiger partial charge in [0.15, 0.2) is 0 Å². The highest BCUT2D eigenvalue weighted by molar-refractivity contribution is 6.14. The molecule has 2 aliphatic heterocycles. The summed E-state index contributed by atoms with van der Waals surface area (Å²) in [6, 6.07) is 34.5. The summed E-state index contributed by atoms with van der Waals surface area (Å²) in [7, 11) is 0. The number of aromatic nitrogens is 1. The van der Waals surface area contributed by atoms with Crippen molar-refractivity contribution in [1.29, 1.82) is 0 Å². The normalized spacial score (nSPS) is 16.9. The molecule has 2 aliphatic rings. The third-order valence-electron chi connectivity index (χ3n) is 7.44. The first-order chi connectivity index (χ1) is 19.7. The van der Waals surface area contributed by atoms with Gasteiger partial charge in [-0.25, -0.2) is 5.01 Å². The van der Waals surface area contributed by atoms with Gasteiger partial charge in [-0.2, -0.15) is 5.10 Å². The number of hydrazone groups is 1. The molecule has 1 fully saturated rings. The van der Waals surface area contributed by atoms with Gasteiger partial charge in [-0.05, 0) is 48.5 Å². The van der Waals surface area contributed by atoms with Crippen molar-refractivity contribution in [1.82, 2.24) is 4.98 Å². The number of anilines is 2. The molecular formula is C33H29N5O2. The molecule has 7 heteroatoms. The Balaban J connectivity index is 1.16. The molecule has 0 aliphatic carbocycles. The summed E-state index contributed by atoms with van der Waals surface area (Å²) >= 11 is 0. The van der Waals surface area contributed by atoms with E-state index in [1.807, 2.05) is 65.7 Å². The molecule has 1 saturated heterocycles. The zero-order chi connectivity index (χ0) is 26.9. The topological polar surface area (TPSA) is 76.2 Å². The molecule has 7 rings (SSSR count). The number of hydrogen-bond donors (Lipinski definition) is 1. The molecule has 1 atom stereocenters. The number of hydrogen-bond acceptors (Lipinski definition) is 7. The van der Waals surface area contributed by atoms with Gasteiger partial charge in [0.25, 0.3) is 0 Å². The van der Waals surface area contributed by atoms with Crippen molar-refractivity contribution in [2.24, 2.45) is 10.8 Å². The zero-order valence-corrected chi connectivity index (χ0v) is 22.0. The molecule has 2 N–H and O–H groups in total. The summed E-state index contributed by atoms with van der Waals surface area (Å²) < 4.78 is 11.8. The van der Waals surface area contributed by atoms with Gasteiger partial charge in [0, 0.05) is 47.1 Å². The molecule has 0 amide bonds. The largest absolute Gasteiger partial charge is 0.457 e. The average Bonchev–Trinajstić information content (AvgIpc) is 3.03. The fourth-order valence-corrected chi connectivity index (χ4v) is 5.37. The maximum absolute atomic E-state index is 6.72. The fraction of sp³-hybridized carbons (Fsp3) is 0.152. The second-order valence-electron chi connectivity index (χ2n) is 9.90. The molecule has 4 aromatic carbocycles. The Labute approximate surface area is 233 Å². The molecule has 198 valence electrons. The Bertz CT molecular complexity index is 1680. The minimum Gasteiger partial charge on any atom is -0.457 e. The van der Waals surface area contributed by atoms with Crippen LogP contribution in [0, 0.1) is 0 Å². The van der Waals surface area contributed by atoms with Crippen molar-refractivity contribution in [3.05, 3.63) is 126 Å². The molecule has 1 aromatic heterocycles. The summed E-state index contributed by atoms with van der Waals surface area (Å²) in [6.07, 6.45) is 1.39. The molecule has 1 unspecified atom stereocenters. The Kier molecular flexibility index (Phi) is 6.36. The van der Waals surface area contributed by atoms with E-state index in [9.17, 15) is 0 Å². The minimum atomic E-state index is -0.403. The Hall–Kier alpha value is -4.72. The third kappa shape index (κ3) is 4.55. The van der Waals surface area contributed by atoms with E-state index in [2.05, 4.69) is 52.3 Å². The van der Waals surface area contributed by atoms with Crippen LogP contribution < -0.4 is 20.4 Å². The highest BCUT2D eigenvalue weighted by atomic mass is 16.5. The monoisotopic (exact) mass is 527 g/mol. The molecular weight excluding hydrogens is 498 g/mol. The van der Waals surface area contributed by atoms with E-state index >= 15 is 0 Å². The fourth-order valence-electron chi connectivity index (χ4n) is 5.37. The van der Waals surface area contributed by atoms with Crippen LogP contribution in [0.2, 0.25) is 0 Å². The van der Waals surface area contributed by atoms with E-state index in [-0.39, 0.29) is 0 Å². The van der Waals surface area contributed by atoms with Gasteiger partial charge in [-0.1, -0.05) is 54.6 Å². The van der Waals surface area contributed by atoms with Crippen LogP contribution in [0.1, 0.15) is 22.9 Å². The van der Waals surface area contributed by atoms with Crippen molar-refractivity contribution >= 4 is 28.0 Å². The summed E-state index contributed by atoms with van der Waals surface area (Å²) in [5.41, 5.74) is 13.7. The van der Waals surface area contributed by atoms with Crippen molar-refractivity contribution in [3.63, 3.8) is 0 Å². The number of ether oxygens (including phenoxy) is 2. The number of rotatable bonds is 5. The maximum Gasteiger partial charge on any atom is 0.138 e. The van der Waals surface area contributed by atoms with Gasteiger partial charge in [0.1, 0.15) is 17.7 Å². The first kappa shape index (κ1) is 24.3. The van der Waals surface area contributed by atoms with E-state index < -0.39 is 6.17 Å². The van der Waals surface area contributed by atoms with Crippen LogP contribution >= 0.6 is 0 Å². The highest BCUT2D eigenvalue weighted by Crippen LogP contribution is 2.35. The van der Waals surface area contributed by atoms with Crippen LogP contribution in [0.4, 0.5) is 11.4 Å². The SMILES string of the molecule is NC1c2ccccc2C(c2ccccc2)=NN1c1ccc(Oc2ccnc3cc(N4CCOCC4)ccc23)cc1. The van der Waals surface area contributed by atoms with Crippen LogP contribution in [0.3, 0.4) is 0 Å². The third-order valence-corrected chi connectivity index (χ3v) is 7.44. The lowest BCUT2D eigenvalue weighted by molar-refractivity contribution is 0.122. The first-order valence-corrected chi connectivity index (χ1v) is 13.5. The lowest BCUT2D eigenvalue weighted by Crippen LogP contribution is -2.36. The van der Waals surface area contributed by atoms with Gasteiger partial charge in [-0.15, -0.1) is 0 Å². The number of nitrogens with two attached hydrogens (primary N) is 1. The second kappa shape index (κ2) is 10.4. The van der Waals surface area contributed by atoms with Crippen molar-refractivity contribution in [3.8, 4) is 11.5 Å². The maximum atomic E-state index is 6.72. The minimum absolute atomic E-state index is 0.403. The molecule has 0 bridgehead atoms. The van der Waals surface area contributed by atoms with E-state index in [1.165, 1.54) is 0 Å². The Morgan fingerprint density at radius 3 is 2.38 bits per heavy atom. The van der Waals surface area contributed by atoms with Crippen LogP contribution in [-0.4, -0.2) is 37.0 Å². The zero-order valence-electron chi connectivity index (χ0n) is 22.0. The summed E-state index contributed by atoms with van der Waals surface area (Å²) in [6.45, 7) is 3.27. The van der Waals surface area contributed by atoms with E-state index in [0.717, 1.165) is 82.5 Å². The number of benzene rings is 4. The standard InChI is InChI=1S/C33H29N5O2/c34-33-28-9-5-4-8-27(28)32(23-6-2-1-3-7-23)36-38(33)24-10-13-26(14-11-24)40-31-16-17-35-30-22-25(12-15-29(30)31)37-18-20-39-21-19-37/h1-17,22,33H,18-21,34H2. The summed E-state index contributed by atoms with van der Waals surface area (Å²) in [5.74, 6) is 1.49. The van der Waals surface area contributed by atoms with Gasteiger partial charge in [-0.3, -0.25) is 4.98 Å². The van der Waals surface area contributed by atoms with Crippen LogP contribution in [0.25, 0.3) is 10.9 Å². The Morgan fingerprint density at radius 2 is 1.55 bits per heavy atom.